The van der Waals surface area contributed by atoms with Gasteiger partial charge in [0.1, 0.15) is 11.6 Å². The van der Waals surface area contributed by atoms with E-state index in [2.05, 4.69) is 5.32 Å². The van der Waals surface area contributed by atoms with Gasteiger partial charge in [0.15, 0.2) is 0 Å². The predicted octanol–water partition coefficient (Wildman–Crippen LogP) is -0.676. The highest BCUT2D eigenvalue weighted by Gasteiger charge is 2.17. The zero-order valence-corrected chi connectivity index (χ0v) is 8.66. The van der Waals surface area contributed by atoms with E-state index in [1.165, 1.54) is 0 Å². The summed E-state index contributed by atoms with van der Waals surface area (Å²) in [5.74, 6) is -0.666. The molecule has 6 nitrogen and oxygen atoms in total. The lowest BCUT2D eigenvalue weighted by atomic mass is 10.2. The van der Waals surface area contributed by atoms with E-state index < -0.39 is 23.6 Å². The maximum Gasteiger partial charge on any atom is 0.407 e. The molecule has 0 fully saturated rings. The van der Waals surface area contributed by atoms with E-state index in [-0.39, 0.29) is 6.54 Å². The van der Waals surface area contributed by atoms with E-state index in [9.17, 15) is 9.59 Å². The highest BCUT2D eigenvalue weighted by molar-refractivity contribution is 5.80. The molecule has 0 bridgehead atoms. The smallest absolute Gasteiger partial charge is 0.407 e. The summed E-state index contributed by atoms with van der Waals surface area (Å²) in [7, 11) is 0. The van der Waals surface area contributed by atoms with Crippen LogP contribution in [0.15, 0.2) is 0 Å². The summed E-state index contributed by atoms with van der Waals surface area (Å²) in [6.45, 7) is 5.19. The van der Waals surface area contributed by atoms with Crippen molar-refractivity contribution in [2.45, 2.75) is 32.4 Å². The molecule has 82 valence electrons. The number of rotatable bonds is 3. The topological polar surface area (TPSA) is 107 Å². The Labute approximate surface area is 83.0 Å². The van der Waals surface area contributed by atoms with Crippen LogP contribution in [0.4, 0.5) is 4.79 Å². The summed E-state index contributed by atoms with van der Waals surface area (Å²) in [6.07, 6.45) is -0.616. The van der Waals surface area contributed by atoms with Gasteiger partial charge in [-0.2, -0.15) is 0 Å². The van der Waals surface area contributed by atoms with E-state index >= 15 is 0 Å². The first-order chi connectivity index (χ1) is 6.22. The van der Waals surface area contributed by atoms with E-state index in [1.807, 2.05) is 0 Å². The van der Waals surface area contributed by atoms with E-state index in [0.29, 0.717) is 0 Å². The Hall–Kier alpha value is -1.30. The molecule has 6 heteroatoms. The molecule has 0 heterocycles. The largest absolute Gasteiger partial charge is 0.444 e. The maximum atomic E-state index is 11.0. The van der Waals surface area contributed by atoms with Crippen LogP contribution in [-0.2, 0) is 9.53 Å². The Balaban J connectivity index is 3.81. The average Bonchev–Trinajstić information content (AvgIpc) is 1.96. The lowest BCUT2D eigenvalue weighted by Gasteiger charge is -2.20. The summed E-state index contributed by atoms with van der Waals surface area (Å²) in [5, 5.41) is 2.33. The highest BCUT2D eigenvalue weighted by Crippen LogP contribution is 2.06. The van der Waals surface area contributed by atoms with Gasteiger partial charge in [-0.05, 0) is 20.8 Å². The van der Waals surface area contributed by atoms with Gasteiger partial charge in [0.25, 0.3) is 0 Å². The predicted molar refractivity (Wildman–Crippen MR) is 51.4 cm³/mol. The van der Waals surface area contributed by atoms with Crippen LogP contribution in [0.3, 0.4) is 0 Å². The van der Waals surface area contributed by atoms with Crippen molar-refractivity contribution in [3.63, 3.8) is 0 Å². The fourth-order valence-electron chi connectivity index (χ4n) is 0.608. The van der Waals surface area contributed by atoms with E-state index in [4.69, 9.17) is 16.2 Å². The van der Waals surface area contributed by atoms with E-state index in [1.54, 1.807) is 20.8 Å². The molecule has 0 rings (SSSR count). The van der Waals surface area contributed by atoms with Crippen molar-refractivity contribution < 1.29 is 14.3 Å². The fraction of sp³-hybridized carbons (Fsp3) is 0.750. The molecule has 0 saturated heterocycles. The third-order valence-electron chi connectivity index (χ3n) is 1.23. The number of hydrogen-bond donors (Lipinski definition) is 3. The first-order valence-electron chi connectivity index (χ1n) is 4.24. The zero-order chi connectivity index (χ0) is 11.4. The molecule has 0 aliphatic carbocycles. The van der Waals surface area contributed by atoms with Crippen LogP contribution >= 0.6 is 0 Å². The molecule has 0 aromatic carbocycles. The van der Waals surface area contributed by atoms with E-state index in [0.717, 1.165) is 0 Å². The average molecular weight is 203 g/mol. The number of carbonyl (C=O) groups excluding carboxylic acids is 2. The van der Waals surface area contributed by atoms with Crippen molar-refractivity contribution in [2.75, 3.05) is 6.54 Å². The standard InChI is InChI=1S/C8H17N3O3/c1-8(2,3)14-7(13)11-4-5(9)6(10)12/h5H,4,9H2,1-3H3,(H2,10,12)(H,11,13). The molecule has 0 aliphatic heterocycles. The first kappa shape index (κ1) is 12.7. The van der Waals surface area contributed by atoms with Crippen LogP contribution in [0, 0.1) is 0 Å². The number of amides is 2. The van der Waals surface area contributed by atoms with Crippen molar-refractivity contribution >= 4 is 12.0 Å². The minimum atomic E-state index is -0.887. The molecular weight excluding hydrogens is 186 g/mol. The van der Waals surface area contributed by atoms with Crippen molar-refractivity contribution in [1.82, 2.24) is 5.32 Å². The quantitative estimate of drug-likeness (QED) is 0.565. The number of nitrogens with two attached hydrogens (primary N) is 2. The van der Waals surface area contributed by atoms with Gasteiger partial charge in [-0.1, -0.05) is 0 Å². The molecule has 0 aromatic rings. The number of alkyl carbamates (subject to hydrolysis) is 1. The lowest BCUT2D eigenvalue weighted by molar-refractivity contribution is -0.119. The minimum absolute atomic E-state index is 0.0236. The molecule has 14 heavy (non-hydrogen) atoms. The third kappa shape index (κ3) is 6.24. The molecule has 0 aliphatic rings. The second kappa shape index (κ2) is 4.80. The second-order valence-corrected chi connectivity index (χ2v) is 3.89. The summed E-state index contributed by atoms with van der Waals surface area (Å²) >= 11 is 0. The molecule has 0 radical (unpaired) electrons. The van der Waals surface area contributed by atoms with Crippen molar-refractivity contribution in [3.8, 4) is 0 Å². The van der Waals surface area contributed by atoms with Gasteiger partial charge in [0, 0.05) is 6.54 Å². The molecule has 1 atom stereocenters. The van der Waals surface area contributed by atoms with Crippen LogP contribution in [0.1, 0.15) is 20.8 Å². The monoisotopic (exact) mass is 203 g/mol. The molecule has 0 saturated carbocycles. The molecule has 1 unspecified atom stereocenters. The molecule has 5 N–H and O–H groups in total. The van der Waals surface area contributed by atoms with Crippen LogP contribution in [-0.4, -0.2) is 30.2 Å². The Kier molecular flexibility index (Phi) is 4.36. The highest BCUT2D eigenvalue weighted by atomic mass is 16.6. The molecular formula is C8H17N3O3. The minimum Gasteiger partial charge on any atom is -0.444 e. The van der Waals surface area contributed by atoms with Gasteiger partial charge in [0.05, 0.1) is 0 Å². The van der Waals surface area contributed by atoms with Crippen molar-refractivity contribution in [1.29, 1.82) is 0 Å². The maximum absolute atomic E-state index is 11.0. The zero-order valence-electron chi connectivity index (χ0n) is 8.66. The Morgan fingerprint density at radius 3 is 2.29 bits per heavy atom. The van der Waals surface area contributed by atoms with Crippen molar-refractivity contribution in [3.05, 3.63) is 0 Å². The SMILES string of the molecule is CC(C)(C)OC(=O)NCC(N)C(N)=O. The number of primary amides is 1. The first-order valence-corrected chi connectivity index (χ1v) is 4.24. The van der Waals surface area contributed by atoms with Gasteiger partial charge in [0.2, 0.25) is 5.91 Å². The third-order valence-corrected chi connectivity index (χ3v) is 1.23. The Morgan fingerprint density at radius 1 is 1.43 bits per heavy atom. The van der Waals surface area contributed by atoms with Crippen LogP contribution in [0.2, 0.25) is 0 Å². The molecule has 2 amide bonds. The van der Waals surface area contributed by atoms with Gasteiger partial charge in [-0.3, -0.25) is 4.79 Å². The van der Waals surface area contributed by atoms with Crippen molar-refractivity contribution in [2.24, 2.45) is 11.5 Å². The number of hydrogen-bond acceptors (Lipinski definition) is 4. The Morgan fingerprint density at radius 2 is 1.93 bits per heavy atom. The van der Waals surface area contributed by atoms with Gasteiger partial charge < -0.3 is 21.5 Å². The molecule has 0 aromatic heterocycles. The van der Waals surface area contributed by atoms with Crippen LogP contribution < -0.4 is 16.8 Å². The fourth-order valence-corrected chi connectivity index (χ4v) is 0.608. The number of nitrogens with one attached hydrogen (secondary N) is 1. The number of carbonyl (C=O) groups is 2. The summed E-state index contributed by atoms with van der Waals surface area (Å²) in [6, 6.07) is -0.887. The van der Waals surface area contributed by atoms with Gasteiger partial charge in [-0.25, -0.2) is 4.79 Å². The lowest BCUT2D eigenvalue weighted by Crippen LogP contribution is -2.46. The Bertz CT molecular complexity index is 222. The summed E-state index contributed by atoms with van der Waals surface area (Å²) in [5.41, 5.74) is 9.61. The number of ether oxygens (including phenoxy) is 1. The van der Waals surface area contributed by atoms with Crippen LogP contribution in [0.25, 0.3) is 0 Å². The van der Waals surface area contributed by atoms with Gasteiger partial charge >= 0.3 is 6.09 Å². The second-order valence-electron chi connectivity index (χ2n) is 3.89. The van der Waals surface area contributed by atoms with Crippen LogP contribution in [0.5, 0.6) is 0 Å². The summed E-state index contributed by atoms with van der Waals surface area (Å²) in [4.78, 5) is 21.5. The normalized spacial score (nSPS) is 13.1. The molecule has 0 spiro atoms. The summed E-state index contributed by atoms with van der Waals surface area (Å²) < 4.78 is 4.91. The van der Waals surface area contributed by atoms with Gasteiger partial charge in [-0.15, -0.1) is 0 Å².